The molecule has 0 atom stereocenters. The SMILES string of the molecule is O=C1/C(=C\c2ccccc2)Cc2cccc(O)c21. The molecule has 2 aromatic rings. The number of carbonyl (C=O) groups is 1. The van der Waals surface area contributed by atoms with E-state index in [1.54, 1.807) is 12.1 Å². The van der Waals surface area contributed by atoms with Gasteiger partial charge >= 0.3 is 0 Å². The van der Waals surface area contributed by atoms with Crippen molar-refractivity contribution < 1.29 is 9.90 Å². The minimum atomic E-state index is -0.0630. The summed E-state index contributed by atoms with van der Waals surface area (Å²) >= 11 is 0. The Bertz CT molecular complexity index is 639. The van der Waals surface area contributed by atoms with Crippen LogP contribution < -0.4 is 0 Å². The molecule has 0 aliphatic heterocycles. The van der Waals surface area contributed by atoms with Crippen LogP contribution in [0.4, 0.5) is 0 Å². The van der Waals surface area contributed by atoms with Crippen molar-refractivity contribution in [2.45, 2.75) is 6.42 Å². The van der Waals surface area contributed by atoms with Crippen molar-refractivity contribution in [2.75, 3.05) is 0 Å². The summed E-state index contributed by atoms with van der Waals surface area (Å²) < 4.78 is 0. The molecule has 0 saturated carbocycles. The molecule has 0 unspecified atom stereocenters. The molecule has 18 heavy (non-hydrogen) atoms. The minimum Gasteiger partial charge on any atom is -0.507 e. The smallest absolute Gasteiger partial charge is 0.193 e. The van der Waals surface area contributed by atoms with Crippen LogP contribution in [-0.2, 0) is 6.42 Å². The van der Waals surface area contributed by atoms with Crippen molar-refractivity contribution in [2.24, 2.45) is 0 Å². The number of fused-ring (bicyclic) bond motifs is 1. The molecule has 3 rings (SSSR count). The Labute approximate surface area is 105 Å². The minimum absolute atomic E-state index is 0.0630. The number of carbonyl (C=O) groups excluding carboxylic acids is 1. The molecule has 1 N–H and O–H groups in total. The Hall–Kier alpha value is -2.35. The van der Waals surface area contributed by atoms with E-state index in [1.807, 2.05) is 42.5 Å². The molecule has 88 valence electrons. The first-order chi connectivity index (χ1) is 8.75. The third kappa shape index (κ3) is 1.72. The summed E-state index contributed by atoms with van der Waals surface area (Å²) in [5, 5.41) is 9.74. The fraction of sp³-hybridized carbons (Fsp3) is 0.0625. The summed E-state index contributed by atoms with van der Waals surface area (Å²) in [6.45, 7) is 0. The lowest BCUT2D eigenvalue weighted by atomic mass is 10.1. The number of phenols is 1. The van der Waals surface area contributed by atoms with Crippen LogP contribution in [0.25, 0.3) is 6.08 Å². The quantitative estimate of drug-likeness (QED) is 0.772. The molecule has 0 spiro atoms. The number of aromatic hydroxyl groups is 1. The van der Waals surface area contributed by atoms with Crippen LogP contribution in [0.15, 0.2) is 54.1 Å². The predicted octanol–water partition coefficient (Wildman–Crippen LogP) is 3.21. The molecule has 0 saturated heterocycles. The Kier molecular flexibility index (Phi) is 2.49. The van der Waals surface area contributed by atoms with E-state index < -0.39 is 0 Å². The zero-order valence-electron chi connectivity index (χ0n) is 9.76. The second kappa shape index (κ2) is 4.15. The van der Waals surface area contributed by atoms with E-state index in [0.29, 0.717) is 12.0 Å². The summed E-state index contributed by atoms with van der Waals surface area (Å²) in [6.07, 6.45) is 2.49. The number of hydrogen-bond donors (Lipinski definition) is 1. The predicted molar refractivity (Wildman–Crippen MR) is 70.6 cm³/mol. The van der Waals surface area contributed by atoms with Crippen LogP contribution in [-0.4, -0.2) is 10.9 Å². The molecule has 0 aromatic heterocycles. The Morgan fingerprint density at radius 2 is 1.78 bits per heavy atom. The number of phenolic OH excluding ortho intramolecular Hbond substituents is 1. The number of allylic oxidation sites excluding steroid dienone is 1. The largest absolute Gasteiger partial charge is 0.507 e. The maximum atomic E-state index is 12.2. The van der Waals surface area contributed by atoms with Crippen LogP contribution in [0.2, 0.25) is 0 Å². The third-order valence-corrected chi connectivity index (χ3v) is 3.17. The lowest BCUT2D eigenvalue weighted by Gasteiger charge is -1.98. The first-order valence-electron chi connectivity index (χ1n) is 5.87. The van der Waals surface area contributed by atoms with E-state index in [-0.39, 0.29) is 11.5 Å². The van der Waals surface area contributed by atoms with Crippen molar-refractivity contribution in [3.63, 3.8) is 0 Å². The summed E-state index contributed by atoms with van der Waals surface area (Å²) in [5.41, 5.74) is 3.10. The van der Waals surface area contributed by atoms with Gasteiger partial charge in [0.25, 0.3) is 0 Å². The lowest BCUT2D eigenvalue weighted by Crippen LogP contribution is -1.95. The molecule has 1 aliphatic carbocycles. The second-order valence-corrected chi connectivity index (χ2v) is 4.40. The molecule has 0 bridgehead atoms. The highest BCUT2D eigenvalue weighted by atomic mass is 16.3. The fourth-order valence-electron chi connectivity index (χ4n) is 2.31. The number of hydrogen-bond acceptors (Lipinski definition) is 2. The zero-order valence-corrected chi connectivity index (χ0v) is 9.76. The number of ketones is 1. The lowest BCUT2D eigenvalue weighted by molar-refractivity contribution is 0.103. The molecule has 0 fully saturated rings. The highest BCUT2D eigenvalue weighted by Gasteiger charge is 2.27. The summed E-state index contributed by atoms with van der Waals surface area (Å²) in [7, 11) is 0. The molecule has 2 aromatic carbocycles. The van der Waals surface area contributed by atoms with E-state index in [9.17, 15) is 9.90 Å². The van der Waals surface area contributed by atoms with Crippen molar-refractivity contribution in [1.82, 2.24) is 0 Å². The zero-order chi connectivity index (χ0) is 12.5. The van der Waals surface area contributed by atoms with Crippen LogP contribution in [0.3, 0.4) is 0 Å². The van der Waals surface area contributed by atoms with Crippen LogP contribution >= 0.6 is 0 Å². The van der Waals surface area contributed by atoms with Crippen molar-refractivity contribution in [3.8, 4) is 5.75 Å². The van der Waals surface area contributed by atoms with E-state index in [0.717, 1.165) is 16.7 Å². The second-order valence-electron chi connectivity index (χ2n) is 4.40. The topological polar surface area (TPSA) is 37.3 Å². The normalized spacial score (nSPS) is 16.0. The number of benzene rings is 2. The van der Waals surface area contributed by atoms with E-state index >= 15 is 0 Å². The fourth-order valence-corrected chi connectivity index (χ4v) is 2.31. The molecule has 0 heterocycles. The van der Waals surface area contributed by atoms with E-state index in [1.165, 1.54) is 0 Å². The van der Waals surface area contributed by atoms with Crippen molar-refractivity contribution in [3.05, 3.63) is 70.8 Å². The van der Waals surface area contributed by atoms with Gasteiger partial charge in [-0.1, -0.05) is 42.5 Å². The molecule has 2 nitrogen and oxygen atoms in total. The number of rotatable bonds is 1. The highest BCUT2D eigenvalue weighted by Crippen LogP contribution is 2.33. The maximum Gasteiger partial charge on any atom is 0.193 e. The molecule has 0 amide bonds. The Balaban J connectivity index is 2.03. The third-order valence-electron chi connectivity index (χ3n) is 3.17. The van der Waals surface area contributed by atoms with Crippen LogP contribution in [0, 0.1) is 0 Å². The molecule has 2 heteroatoms. The molecular formula is C16H12O2. The van der Waals surface area contributed by atoms with Gasteiger partial charge in [0.05, 0.1) is 5.56 Å². The summed E-state index contributed by atoms with van der Waals surface area (Å²) in [6, 6.07) is 15.0. The first-order valence-corrected chi connectivity index (χ1v) is 5.87. The van der Waals surface area contributed by atoms with Gasteiger partial charge in [-0.25, -0.2) is 0 Å². The van der Waals surface area contributed by atoms with Crippen LogP contribution in [0.5, 0.6) is 5.75 Å². The van der Waals surface area contributed by atoms with Gasteiger partial charge in [-0.3, -0.25) is 4.79 Å². The molecular weight excluding hydrogens is 224 g/mol. The highest BCUT2D eigenvalue weighted by molar-refractivity contribution is 6.17. The Morgan fingerprint density at radius 3 is 2.50 bits per heavy atom. The van der Waals surface area contributed by atoms with Gasteiger partial charge in [0.2, 0.25) is 0 Å². The number of Topliss-reactive ketones (excluding diaryl/α,β-unsaturated/α-hetero) is 1. The van der Waals surface area contributed by atoms with E-state index in [2.05, 4.69) is 0 Å². The van der Waals surface area contributed by atoms with Gasteiger partial charge in [0, 0.05) is 12.0 Å². The van der Waals surface area contributed by atoms with Gasteiger partial charge in [-0.2, -0.15) is 0 Å². The van der Waals surface area contributed by atoms with Gasteiger partial charge in [-0.15, -0.1) is 0 Å². The first kappa shape index (κ1) is 10.8. The van der Waals surface area contributed by atoms with E-state index in [4.69, 9.17) is 0 Å². The van der Waals surface area contributed by atoms with Gasteiger partial charge in [-0.05, 0) is 23.3 Å². The van der Waals surface area contributed by atoms with Gasteiger partial charge < -0.3 is 5.11 Å². The monoisotopic (exact) mass is 236 g/mol. The average molecular weight is 236 g/mol. The summed E-state index contributed by atoms with van der Waals surface area (Å²) in [5.74, 6) is 0.0147. The average Bonchev–Trinajstić information content (AvgIpc) is 2.69. The Morgan fingerprint density at radius 1 is 1.00 bits per heavy atom. The molecule has 0 radical (unpaired) electrons. The van der Waals surface area contributed by atoms with Crippen molar-refractivity contribution >= 4 is 11.9 Å². The molecule has 1 aliphatic rings. The van der Waals surface area contributed by atoms with Crippen molar-refractivity contribution in [1.29, 1.82) is 0 Å². The van der Waals surface area contributed by atoms with Gasteiger partial charge in [0.15, 0.2) is 5.78 Å². The standard InChI is InChI=1S/C16H12O2/c17-14-8-4-7-12-10-13(16(18)15(12)14)9-11-5-2-1-3-6-11/h1-9,17H,10H2/b13-9-. The van der Waals surface area contributed by atoms with Crippen LogP contribution in [0.1, 0.15) is 21.5 Å². The van der Waals surface area contributed by atoms with Gasteiger partial charge in [0.1, 0.15) is 5.75 Å². The summed E-state index contributed by atoms with van der Waals surface area (Å²) in [4.78, 5) is 12.2. The maximum absolute atomic E-state index is 12.2.